The number of rotatable bonds is 10. The second kappa shape index (κ2) is 11.8. The summed E-state index contributed by atoms with van der Waals surface area (Å²) in [5.41, 5.74) is 3.27. The normalized spacial score (nSPS) is 11.8. The van der Waals surface area contributed by atoms with Crippen LogP contribution in [0.3, 0.4) is 0 Å². The third kappa shape index (κ3) is 7.80. The van der Waals surface area contributed by atoms with Crippen LogP contribution in [-0.4, -0.2) is 26.2 Å². The van der Waals surface area contributed by atoms with Gasteiger partial charge in [0.25, 0.3) is 0 Å². The Morgan fingerprint density at radius 2 is 1.79 bits per heavy atom. The molecule has 28 heavy (non-hydrogen) atoms. The van der Waals surface area contributed by atoms with E-state index in [4.69, 9.17) is 9.47 Å². The molecule has 0 aliphatic rings. The number of allylic oxidation sites excluding steroid dienone is 1. The Morgan fingerprint density at radius 1 is 1.07 bits per heavy atom. The van der Waals surface area contributed by atoms with Crippen LogP contribution in [0.1, 0.15) is 37.5 Å². The molecule has 2 rings (SSSR count). The molecule has 0 aliphatic heterocycles. The van der Waals surface area contributed by atoms with Crippen LogP contribution in [-0.2, 0) is 9.53 Å². The van der Waals surface area contributed by atoms with Crippen LogP contribution in [0, 0.1) is 0 Å². The van der Waals surface area contributed by atoms with E-state index >= 15 is 0 Å². The van der Waals surface area contributed by atoms with E-state index < -0.39 is 0 Å². The Labute approximate surface area is 167 Å². The fourth-order valence-corrected chi connectivity index (χ4v) is 2.63. The Kier molecular flexibility index (Phi) is 9.02. The van der Waals surface area contributed by atoms with E-state index in [2.05, 4.69) is 25.2 Å². The number of amides is 1. The fourth-order valence-electron chi connectivity index (χ4n) is 2.63. The molecule has 0 spiro atoms. The minimum Gasteiger partial charge on any atom is -0.493 e. The summed E-state index contributed by atoms with van der Waals surface area (Å²) in [7, 11) is 1.64. The molecular formula is C24H29NO3. The number of hydrogen-bond acceptors (Lipinski definition) is 3. The second-order valence-corrected chi connectivity index (χ2v) is 6.70. The highest BCUT2D eigenvalue weighted by molar-refractivity contribution is 5.91. The predicted molar refractivity (Wildman–Crippen MR) is 114 cm³/mol. The lowest BCUT2D eigenvalue weighted by Gasteiger charge is -2.16. The van der Waals surface area contributed by atoms with Gasteiger partial charge in [-0.25, -0.2) is 0 Å². The van der Waals surface area contributed by atoms with Gasteiger partial charge in [0, 0.05) is 19.7 Å². The molecule has 0 heterocycles. The summed E-state index contributed by atoms with van der Waals surface area (Å²) < 4.78 is 11.3. The van der Waals surface area contributed by atoms with Crippen LogP contribution < -0.4 is 10.1 Å². The molecule has 0 aliphatic carbocycles. The second-order valence-electron chi connectivity index (χ2n) is 6.70. The number of benzene rings is 2. The largest absolute Gasteiger partial charge is 0.493 e. The topological polar surface area (TPSA) is 47.6 Å². The van der Waals surface area contributed by atoms with Crippen LogP contribution in [0.5, 0.6) is 5.75 Å². The number of carbonyl (C=O) groups is 1. The SMILES string of the molecule is CO[C@H](CNC(=O)C=Cc1ccccc1)c1ccc(OCCC=C(C)C)cc1. The third-order valence-corrected chi connectivity index (χ3v) is 4.16. The van der Waals surface area contributed by atoms with Crippen molar-refractivity contribution in [2.75, 3.05) is 20.3 Å². The minimum atomic E-state index is -0.214. The van der Waals surface area contributed by atoms with Gasteiger partial charge in [-0.3, -0.25) is 4.79 Å². The van der Waals surface area contributed by atoms with Crippen LogP contribution in [0.15, 0.2) is 72.3 Å². The third-order valence-electron chi connectivity index (χ3n) is 4.16. The summed E-state index contributed by atoms with van der Waals surface area (Å²) in [6.07, 6.45) is 6.16. The lowest BCUT2D eigenvalue weighted by atomic mass is 10.1. The van der Waals surface area contributed by atoms with Gasteiger partial charge in [0.15, 0.2) is 0 Å². The maximum absolute atomic E-state index is 12.0. The molecule has 0 saturated heterocycles. The number of methoxy groups -OCH3 is 1. The van der Waals surface area contributed by atoms with Gasteiger partial charge in [0.1, 0.15) is 5.75 Å². The molecule has 0 saturated carbocycles. The van der Waals surface area contributed by atoms with E-state index in [0.29, 0.717) is 13.2 Å². The molecule has 1 amide bonds. The van der Waals surface area contributed by atoms with Crippen LogP contribution >= 0.6 is 0 Å². The summed E-state index contributed by atoms with van der Waals surface area (Å²) in [6.45, 7) is 5.21. The molecule has 4 heteroatoms. The molecule has 0 bridgehead atoms. The predicted octanol–water partition coefficient (Wildman–Crippen LogP) is 4.94. The molecule has 0 fully saturated rings. The highest BCUT2D eigenvalue weighted by atomic mass is 16.5. The molecular weight excluding hydrogens is 350 g/mol. The summed E-state index contributed by atoms with van der Waals surface area (Å²) in [6, 6.07) is 17.5. The van der Waals surface area contributed by atoms with Gasteiger partial charge < -0.3 is 14.8 Å². The average Bonchev–Trinajstić information content (AvgIpc) is 2.71. The van der Waals surface area contributed by atoms with Gasteiger partial charge in [-0.05, 0) is 49.6 Å². The van der Waals surface area contributed by atoms with Crippen LogP contribution in [0.25, 0.3) is 6.08 Å². The zero-order chi connectivity index (χ0) is 20.2. The number of ether oxygens (including phenoxy) is 2. The van der Waals surface area contributed by atoms with E-state index in [0.717, 1.165) is 23.3 Å². The standard InChI is InChI=1S/C24H29NO3/c1-19(2)8-7-17-28-22-14-12-21(13-15-22)23(27-3)18-25-24(26)16-11-20-9-5-4-6-10-20/h4-6,8-16,23H,7,17-18H2,1-3H3,(H,25,26)/t23-/m1/s1. The first-order valence-corrected chi connectivity index (χ1v) is 9.48. The quantitative estimate of drug-likeness (QED) is 0.361. The zero-order valence-corrected chi connectivity index (χ0v) is 16.9. The first-order chi connectivity index (χ1) is 13.6. The first-order valence-electron chi connectivity index (χ1n) is 9.48. The highest BCUT2D eigenvalue weighted by Crippen LogP contribution is 2.20. The summed E-state index contributed by atoms with van der Waals surface area (Å²) in [5, 5.41) is 2.88. The first kappa shape index (κ1) is 21.5. The molecule has 1 N–H and O–H groups in total. The molecule has 4 nitrogen and oxygen atoms in total. The fraction of sp³-hybridized carbons (Fsp3) is 0.292. The van der Waals surface area contributed by atoms with E-state index in [9.17, 15) is 4.79 Å². The van der Waals surface area contributed by atoms with E-state index in [-0.39, 0.29) is 12.0 Å². The van der Waals surface area contributed by atoms with E-state index in [1.54, 1.807) is 13.2 Å². The number of carbonyl (C=O) groups excluding carboxylic acids is 1. The number of hydrogen-bond donors (Lipinski definition) is 1. The van der Waals surface area contributed by atoms with Crippen molar-refractivity contribution in [3.05, 3.63) is 83.4 Å². The molecule has 2 aromatic carbocycles. The molecule has 0 radical (unpaired) electrons. The maximum Gasteiger partial charge on any atom is 0.244 e. The Balaban J connectivity index is 1.82. The summed E-state index contributed by atoms with van der Waals surface area (Å²) >= 11 is 0. The van der Waals surface area contributed by atoms with Crippen LogP contribution in [0.2, 0.25) is 0 Å². The summed E-state index contributed by atoms with van der Waals surface area (Å²) in [4.78, 5) is 12.0. The van der Waals surface area contributed by atoms with Gasteiger partial charge in [0.05, 0.1) is 12.7 Å². The van der Waals surface area contributed by atoms with E-state index in [1.165, 1.54) is 11.6 Å². The minimum absolute atomic E-state index is 0.148. The zero-order valence-electron chi connectivity index (χ0n) is 16.9. The van der Waals surface area contributed by atoms with Crippen LogP contribution in [0.4, 0.5) is 0 Å². The van der Waals surface area contributed by atoms with Crippen molar-refractivity contribution in [1.29, 1.82) is 0 Å². The van der Waals surface area contributed by atoms with E-state index in [1.807, 2.05) is 54.6 Å². The van der Waals surface area contributed by atoms with Gasteiger partial charge in [-0.15, -0.1) is 0 Å². The molecule has 0 aromatic heterocycles. The molecule has 2 aromatic rings. The average molecular weight is 380 g/mol. The Bertz CT molecular complexity index is 775. The van der Waals surface area contributed by atoms with Crippen molar-refractivity contribution in [3.8, 4) is 5.75 Å². The van der Waals surface area contributed by atoms with Gasteiger partial charge in [-0.2, -0.15) is 0 Å². The Morgan fingerprint density at radius 3 is 2.43 bits per heavy atom. The Hall–Kier alpha value is -2.85. The van der Waals surface area contributed by atoms with Crippen molar-refractivity contribution >= 4 is 12.0 Å². The van der Waals surface area contributed by atoms with Crippen molar-refractivity contribution in [2.45, 2.75) is 26.4 Å². The lowest BCUT2D eigenvalue weighted by molar-refractivity contribution is -0.117. The van der Waals surface area contributed by atoms with Gasteiger partial charge >= 0.3 is 0 Å². The van der Waals surface area contributed by atoms with Crippen molar-refractivity contribution in [3.63, 3.8) is 0 Å². The smallest absolute Gasteiger partial charge is 0.244 e. The monoisotopic (exact) mass is 379 g/mol. The maximum atomic E-state index is 12.0. The van der Waals surface area contributed by atoms with Crippen molar-refractivity contribution < 1.29 is 14.3 Å². The molecule has 148 valence electrons. The van der Waals surface area contributed by atoms with Crippen molar-refractivity contribution in [2.24, 2.45) is 0 Å². The lowest BCUT2D eigenvalue weighted by Crippen LogP contribution is -2.27. The van der Waals surface area contributed by atoms with Gasteiger partial charge in [0.2, 0.25) is 5.91 Å². The van der Waals surface area contributed by atoms with Crippen molar-refractivity contribution in [1.82, 2.24) is 5.32 Å². The number of nitrogens with one attached hydrogen (secondary N) is 1. The van der Waals surface area contributed by atoms with Gasteiger partial charge in [-0.1, -0.05) is 54.1 Å². The molecule has 1 atom stereocenters. The molecule has 0 unspecified atom stereocenters. The summed E-state index contributed by atoms with van der Waals surface area (Å²) in [5.74, 6) is 0.681. The highest BCUT2D eigenvalue weighted by Gasteiger charge is 2.11.